The molecule has 1 rings (SSSR count). The molecule has 0 aromatic rings. The first-order valence-electron chi connectivity index (χ1n) is 7.19. The van der Waals surface area contributed by atoms with E-state index in [9.17, 15) is 27.6 Å². The SMILES string of the molecule is CC(C)(C)C(=O)NCCC(=O)N1C[C@@H](C(F)(F)F)[C@H](C(=O)O)C1. The maximum atomic E-state index is 12.8. The molecule has 1 aliphatic heterocycles. The van der Waals surface area contributed by atoms with Gasteiger partial charge in [0.05, 0.1) is 11.8 Å². The van der Waals surface area contributed by atoms with Gasteiger partial charge >= 0.3 is 12.1 Å². The largest absolute Gasteiger partial charge is 0.481 e. The van der Waals surface area contributed by atoms with E-state index < -0.39 is 48.4 Å². The van der Waals surface area contributed by atoms with Gasteiger partial charge in [-0.2, -0.15) is 13.2 Å². The number of carbonyl (C=O) groups is 3. The average Bonchev–Trinajstić information content (AvgIpc) is 2.82. The van der Waals surface area contributed by atoms with Crippen molar-refractivity contribution in [2.45, 2.75) is 33.4 Å². The third kappa shape index (κ3) is 5.11. The first-order valence-corrected chi connectivity index (χ1v) is 7.19. The molecular weight excluding hydrogens is 317 g/mol. The summed E-state index contributed by atoms with van der Waals surface area (Å²) in [6, 6.07) is 0. The Morgan fingerprint density at radius 1 is 1.17 bits per heavy atom. The van der Waals surface area contributed by atoms with Gasteiger partial charge in [0.25, 0.3) is 0 Å². The Hall–Kier alpha value is -1.80. The molecule has 0 radical (unpaired) electrons. The number of carbonyl (C=O) groups excluding carboxylic acids is 2. The minimum Gasteiger partial charge on any atom is -0.481 e. The molecule has 2 N–H and O–H groups in total. The van der Waals surface area contributed by atoms with Crippen LogP contribution in [-0.2, 0) is 14.4 Å². The van der Waals surface area contributed by atoms with Crippen molar-refractivity contribution >= 4 is 17.8 Å². The number of amides is 2. The first-order chi connectivity index (χ1) is 10.3. The lowest BCUT2D eigenvalue weighted by molar-refractivity contribution is -0.188. The smallest absolute Gasteiger partial charge is 0.394 e. The van der Waals surface area contributed by atoms with Gasteiger partial charge in [-0.25, -0.2) is 0 Å². The van der Waals surface area contributed by atoms with E-state index in [1.807, 2.05) is 0 Å². The number of halogens is 3. The lowest BCUT2D eigenvalue weighted by atomic mass is 9.96. The lowest BCUT2D eigenvalue weighted by Crippen LogP contribution is -2.38. The summed E-state index contributed by atoms with van der Waals surface area (Å²) in [7, 11) is 0. The van der Waals surface area contributed by atoms with Crippen LogP contribution < -0.4 is 5.32 Å². The molecule has 0 aliphatic carbocycles. The van der Waals surface area contributed by atoms with Gasteiger partial charge in [-0.1, -0.05) is 20.8 Å². The summed E-state index contributed by atoms with van der Waals surface area (Å²) in [5, 5.41) is 11.4. The zero-order valence-electron chi connectivity index (χ0n) is 13.2. The molecule has 0 saturated carbocycles. The van der Waals surface area contributed by atoms with Crippen LogP contribution >= 0.6 is 0 Å². The maximum absolute atomic E-state index is 12.8. The summed E-state index contributed by atoms with van der Waals surface area (Å²) < 4.78 is 38.5. The molecule has 6 nitrogen and oxygen atoms in total. The van der Waals surface area contributed by atoms with Crippen molar-refractivity contribution in [1.82, 2.24) is 10.2 Å². The maximum Gasteiger partial charge on any atom is 0.394 e. The molecule has 1 saturated heterocycles. The molecule has 0 bridgehead atoms. The average molecular weight is 338 g/mol. The van der Waals surface area contributed by atoms with Gasteiger partial charge in [0.1, 0.15) is 0 Å². The zero-order valence-corrected chi connectivity index (χ0v) is 13.2. The standard InChI is InChI=1S/C14H21F3N2O4/c1-13(2,3)12(23)18-5-4-10(20)19-6-8(11(21)22)9(7-19)14(15,16)17/h8-9H,4-7H2,1-3H3,(H,18,23)(H,21,22)/t8-,9-/m1/s1. The number of rotatable bonds is 4. The number of carboxylic acids is 1. The van der Waals surface area contributed by atoms with Crippen molar-refractivity contribution in [2.75, 3.05) is 19.6 Å². The number of alkyl halides is 3. The van der Waals surface area contributed by atoms with Gasteiger partial charge in [-0.05, 0) is 0 Å². The molecule has 1 fully saturated rings. The topological polar surface area (TPSA) is 86.7 Å². The molecule has 0 aromatic carbocycles. The van der Waals surface area contributed by atoms with Crippen molar-refractivity contribution < 1.29 is 32.7 Å². The Bertz CT molecular complexity index is 485. The second kappa shape index (κ2) is 6.76. The predicted octanol–water partition coefficient (Wildman–Crippen LogP) is 1.26. The van der Waals surface area contributed by atoms with Gasteiger partial charge in [0.2, 0.25) is 11.8 Å². The summed E-state index contributed by atoms with van der Waals surface area (Å²) in [5.41, 5.74) is -0.632. The Morgan fingerprint density at radius 3 is 2.13 bits per heavy atom. The summed E-state index contributed by atoms with van der Waals surface area (Å²) in [6.07, 6.45) is -4.84. The van der Waals surface area contributed by atoms with Crippen molar-refractivity contribution in [3.63, 3.8) is 0 Å². The fraction of sp³-hybridized carbons (Fsp3) is 0.786. The molecule has 0 aromatic heterocycles. The summed E-state index contributed by atoms with van der Waals surface area (Å²) >= 11 is 0. The molecule has 23 heavy (non-hydrogen) atoms. The van der Waals surface area contributed by atoms with E-state index in [4.69, 9.17) is 5.11 Å². The fourth-order valence-electron chi connectivity index (χ4n) is 2.30. The Morgan fingerprint density at radius 2 is 1.74 bits per heavy atom. The molecule has 2 atom stereocenters. The van der Waals surface area contributed by atoms with Crippen molar-refractivity contribution in [2.24, 2.45) is 17.3 Å². The number of hydrogen-bond donors (Lipinski definition) is 2. The highest BCUT2D eigenvalue weighted by molar-refractivity contribution is 5.83. The van der Waals surface area contributed by atoms with Crippen molar-refractivity contribution in [1.29, 1.82) is 0 Å². The normalized spacial score (nSPS) is 22.1. The van der Waals surface area contributed by atoms with Crippen LogP contribution in [0.3, 0.4) is 0 Å². The monoisotopic (exact) mass is 338 g/mol. The van der Waals surface area contributed by atoms with Crippen LogP contribution in [0.15, 0.2) is 0 Å². The molecular formula is C14H21F3N2O4. The fourth-order valence-corrected chi connectivity index (χ4v) is 2.30. The number of carboxylic acid groups (broad SMARTS) is 1. The number of aliphatic carboxylic acids is 1. The van der Waals surface area contributed by atoms with Crippen molar-refractivity contribution in [3.05, 3.63) is 0 Å². The van der Waals surface area contributed by atoms with Crippen LogP contribution in [0, 0.1) is 17.3 Å². The third-order valence-electron chi connectivity index (χ3n) is 3.72. The van der Waals surface area contributed by atoms with E-state index >= 15 is 0 Å². The van der Waals surface area contributed by atoms with E-state index in [2.05, 4.69) is 5.32 Å². The summed E-state index contributed by atoms with van der Waals surface area (Å²) in [4.78, 5) is 35.4. The van der Waals surface area contributed by atoms with E-state index in [1.165, 1.54) is 0 Å². The number of nitrogens with zero attached hydrogens (tertiary/aromatic N) is 1. The zero-order chi connectivity index (χ0) is 18.0. The second-order valence-corrected chi connectivity index (χ2v) is 6.65. The highest BCUT2D eigenvalue weighted by Gasteiger charge is 2.53. The van der Waals surface area contributed by atoms with Gasteiger partial charge in [0.15, 0.2) is 0 Å². The first kappa shape index (κ1) is 19.2. The Balaban J connectivity index is 2.58. The minimum atomic E-state index is -4.67. The van der Waals surface area contributed by atoms with Crippen LogP contribution in [0.4, 0.5) is 13.2 Å². The molecule has 1 aliphatic rings. The van der Waals surface area contributed by atoms with Crippen molar-refractivity contribution in [3.8, 4) is 0 Å². The number of hydrogen-bond acceptors (Lipinski definition) is 3. The van der Waals surface area contributed by atoms with Crippen LogP contribution in [-0.4, -0.2) is 53.6 Å². The Labute approximate surface area is 132 Å². The molecule has 2 amide bonds. The summed E-state index contributed by atoms with van der Waals surface area (Å²) in [6.45, 7) is 3.94. The minimum absolute atomic E-state index is 0.000140. The lowest BCUT2D eigenvalue weighted by Gasteiger charge is -2.20. The van der Waals surface area contributed by atoms with Gasteiger partial charge < -0.3 is 15.3 Å². The Kier molecular flexibility index (Phi) is 5.65. The van der Waals surface area contributed by atoms with E-state index in [-0.39, 0.29) is 18.9 Å². The van der Waals surface area contributed by atoms with Crippen LogP contribution in [0.25, 0.3) is 0 Å². The molecule has 132 valence electrons. The van der Waals surface area contributed by atoms with E-state index in [0.29, 0.717) is 0 Å². The van der Waals surface area contributed by atoms with Crippen LogP contribution in [0.5, 0.6) is 0 Å². The van der Waals surface area contributed by atoms with Gasteiger partial charge in [-0.3, -0.25) is 14.4 Å². The second-order valence-electron chi connectivity index (χ2n) is 6.65. The molecule has 9 heteroatoms. The highest BCUT2D eigenvalue weighted by atomic mass is 19.4. The van der Waals surface area contributed by atoms with E-state index in [0.717, 1.165) is 4.90 Å². The van der Waals surface area contributed by atoms with Crippen LogP contribution in [0.2, 0.25) is 0 Å². The highest BCUT2D eigenvalue weighted by Crippen LogP contribution is 2.37. The molecule has 0 spiro atoms. The third-order valence-corrected chi connectivity index (χ3v) is 3.72. The van der Waals surface area contributed by atoms with Crippen LogP contribution in [0.1, 0.15) is 27.2 Å². The van der Waals surface area contributed by atoms with Gasteiger partial charge in [0, 0.05) is 31.5 Å². The van der Waals surface area contributed by atoms with E-state index in [1.54, 1.807) is 20.8 Å². The number of likely N-dealkylation sites (tertiary alicyclic amines) is 1. The summed E-state index contributed by atoms with van der Waals surface area (Å²) in [5.74, 6) is -6.15. The molecule has 0 unspecified atom stereocenters. The molecule has 1 heterocycles. The quantitative estimate of drug-likeness (QED) is 0.808. The predicted molar refractivity (Wildman–Crippen MR) is 74.3 cm³/mol. The number of nitrogens with one attached hydrogen (secondary N) is 1. The van der Waals surface area contributed by atoms with Gasteiger partial charge in [-0.15, -0.1) is 0 Å².